The molecule has 0 spiro atoms. The molecule has 0 fully saturated rings. The second kappa shape index (κ2) is 8.01. The van der Waals surface area contributed by atoms with Crippen LogP contribution in [0, 0.1) is 0 Å². The molecule has 138 valence electrons. The summed E-state index contributed by atoms with van der Waals surface area (Å²) in [5, 5.41) is 18.0. The number of oxazole rings is 1. The van der Waals surface area contributed by atoms with E-state index in [0.717, 1.165) is 12.0 Å². The Labute approximate surface area is 152 Å². The van der Waals surface area contributed by atoms with E-state index >= 15 is 0 Å². The third-order valence-electron chi connectivity index (χ3n) is 3.70. The number of fused-ring (bicyclic) bond motifs is 1. The van der Waals surface area contributed by atoms with Crippen molar-refractivity contribution in [3.8, 4) is 11.5 Å². The number of nitrogens with zero attached hydrogens (tertiary/aromatic N) is 1. The number of nitrogen functional groups attached to an aromatic ring is 1. The topological polar surface area (TPSA) is 110 Å². The lowest BCUT2D eigenvalue weighted by molar-refractivity contribution is -0.137. The summed E-state index contributed by atoms with van der Waals surface area (Å²) in [5.74, 6) is -0.162. The number of hydrogen-bond acceptors (Lipinski definition) is 5. The van der Waals surface area contributed by atoms with Crippen molar-refractivity contribution in [2.75, 3.05) is 5.73 Å². The van der Waals surface area contributed by atoms with E-state index < -0.39 is 11.6 Å². The van der Waals surface area contributed by atoms with Gasteiger partial charge in [-0.3, -0.25) is 4.79 Å². The normalized spacial score (nSPS) is 11.1. The standard InChI is InChI=1S/C16H16N2O2.C4H8O2/c1-16(2,19)11-8-14-13(9-12(11)17)18-15(20-14)10-6-4-3-5-7-10;1-2-3-4(5)6/h3-9,19H,17H2,1-2H3;2-3H2,1H3,(H,5,6). The van der Waals surface area contributed by atoms with E-state index in [4.69, 9.17) is 15.3 Å². The summed E-state index contributed by atoms with van der Waals surface area (Å²) < 4.78 is 5.77. The lowest BCUT2D eigenvalue weighted by Gasteiger charge is -2.19. The summed E-state index contributed by atoms with van der Waals surface area (Å²) in [6.07, 6.45) is 1.02. The summed E-state index contributed by atoms with van der Waals surface area (Å²) in [7, 11) is 0. The van der Waals surface area contributed by atoms with Gasteiger partial charge in [-0.2, -0.15) is 0 Å². The van der Waals surface area contributed by atoms with Crippen molar-refractivity contribution in [3.63, 3.8) is 0 Å². The minimum atomic E-state index is -1.02. The van der Waals surface area contributed by atoms with Crippen molar-refractivity contribution < 1.29 is 19.4 Å². The van der Waals surface area contributed by atoms with Gasteiger partial charge >= 0.3 is 5.97 Å². The molecule has 3 rings (SSSR count). The second-order valence-corrected chi connectivity index (χ2v) is 6.49. The highest BCUT2D eigenvalue weighted by molar-refractivity contribution is 5.81. The Morgan fingerprint density at radius 1 is 1.23 bits per heavy atom. The highest BCUT2D eigenvalue weighted by Gasteiger charge is 2.21. The number of aliphatic carboxylic acids is 1. The van der Waals surface area contributed by atoms with Crippen LogP contribution in [0.1, 0.15) is 39.2 Å². The fourth-order valence-electron chi connectivity index (χ4n) is 2.44. The van der Waals surface area contributed by atoms with Gasteiger partial charge in [-0.15, -0.1) is 0 Å². The van der Waals surface area contributed by atoms with E-state index in [9.17, 15) is 9.90 Å². The SMILES string of the molecule is CC(C)(O)c1cc2oc(-c3ccccc3)nc2cc1N.CCCC(=O)O. The van der Waals surface area contributed by atoms with Gasteiger partial charge in [0.1, 0.15) is 5.52 Å². The maximum absolute atomic E-state index is 10.1. The Morgan fingerprint density at radius 2 is 1.88 bits per heavy atom. The minimum Gasteiger partial charge on any atom is -0.481 e. The second-order valence-electron chi connectivity index (χ2n) is 6.49. The van der Waals surface area contributed by atoms with E-state index in [1.54, 1.807) is 26.0 Å². The molecule has 0 radical (unpaired) electrons. The summed E-state index contributed by atoms with van der Waals surface area (Å²) in [5.41, 5.74) is 8.33. The number of carboxylic acids is 1. The lowest BCUT2D eigenvalue weighted by atomic mass is 9.96. The Morgan fingerprint density at radius 3 is 2.38 bits per heavy atom. The maximum Gasteiger partial charge on any atom is 0.303 e. The van der Waals surface area contributed by atoms with Crippen LogP contribution in [0.5, 0.6) is 0 Å². The number of benzene rings is 2. The number of aliphatic hydroxyl groups is 1. The predicted octanol–water partition coefficient (Wildman–Crippen LogP) is 4.18. The van der Waals surface area contributed by atoms with Crippen LogP contribution in [-0.2, 0) is 10.4 Å². The van der Waals surface area contributed by atoms with Crippen molar-refractivity contribution in [1.82, 2.24) is 4.98 Å². The monoisotopic (exact) mass is 356 g/mol. The van der Waals surface area contributed by atoms with E-state index in [0.29, 0.717) is 34.7 Å². The summed E-state index contributed by atoms with van der Waals surface area (Å²) in [6, 6.07) is 13.2. The molecule has 6 nitrogen and oxygen atoms in total. The highest BCUT2D eigenvalue weighted by atomic mass is 16.4. The molecular formula is C20H24N2O4. The largest absolute Gasteiger partial charge is 0.481 e. The van der Waals surface area contributed by atoms with Gasteiger partial charge in [0.05, 0.1) is 5.60 Å². The third-order valence-corrected chi connectivity index (χ3v) is 3.70. The number of rotatable bonds is 4. The van der Waals surface area contributed by atoms with Gasteiger partial charge in [-0.05, 0) is 44.5 Å². The van der Waals surface area contributed by atoms with Crippen LogP contribution in [0.3, 0.4) is 0 Å². The molecule has 4 N–H and O–H groups in total. The van der Waals surface area contributed by atoms with Crippen LogP contribution in [0.15, 0.2) is 46.9 Å². The molecule has 0 aliphatic rings. The van der Waals surface area contributed by atoms with Crippen molar-refractivity contribution in [2.24, 2.45) is 0 Å². The molecule has 3 aromatic rings. The molecule has 0 atom stereocenters. The first kappa shape index (κ1) is 19.5. The molecule has 1 heterocycles. The molecule has 1 aromatic heterocycles. The average molecular weight is 356 g/mol. The number of carbonyl (C=O) groups is 1. The van der Waals surface area contributed by atoms with E-state index in [1.165, 1.54) is 0 Å². The number of aromatic nitrogens is 1. The first-order valence-corrected chi connectivity index (χ1v) is 8.42. The fourth-order valence-corrected chi connectivity index (χ4v) is 2.44. The average Bonchev–Trinajstić information content (AvgIpc) is 2.97. The fraction of sp³-hybridized carbons (Fsp3) is 0.300. The maximum atomic E-state index is 10.1. The van der Waals surface area contributed by atoms with Crippen LogP contribution < -0.4 is 5.73 Å². The molecule has 0 unspecified atom stereocenters. The van der Waals surface area contributed by atoms with Crippen LogP contribution in [0.2, 0.25) is 0 Å². The Balaban J connectivity index is 0.000000352. The molecule has 6 heteroatoms. The predicted molar refractivity (Wildman–Crippen MR) is 102 cm³/mol. The van der Waals surface area contributed by atoms with E-state index in [2.05, 4.69) is 4.98 Å². The third kappa shape index (κ3) is 4.83. The first-order chi connectivity index (χ1) is 12.2. The zero-order valence-corrected chi connectivity index (χ0v) is 15.2. The van der Waals surface area contributed by atoms with Crippen molar-refractivity contribution in [2.45, 2.75) is 39.2 Å². The minimum absolute atomic E-state index is 0.292. The summed E-state index contributed by atoms with van der Waals surface area (Å²) >= 11 is 0. The van der Waals surface area contributed by atoms with Crippen LogP contribution in [-0.4, -0.2) is 21.2 Å². The van der Waals surface area contributed by atoms with Crippen molar-refractivity contribution in [3.05, 3.63) is 48.0 Å². The molecule has 0 bridgehead atoms. The Hall–Kier alpha value is -2.86. The molecule has 0 saturated heterocycles. The van der Waals surface area contributed by atoms with Crippen molar-refractivity contribution in [1.29, 1.82) is 0 Å². The summed E-state index contributed by atoms with van der Waals surface area (Å²) in [4.78, 5) is 14.0. The molecule has 26 heavy (non-hydrogen) atoms. The van der Waals surface area contributed by atoms with Crippen molar-refractivity contribution >= 4 is 22.8 Å². The van der Waals surface area contributed by atoms with Gasteiger partial charge in [0, 0.05) is 23.2 Å². The molecule has 0 saturated carbocycles. The van der Waals surface area contributed by atoms with E-state index in [1.807, 2.05) is 37.3 Å². The quantitative estimate of drug-likeness (QED) is 0.605. The zero-order chi connectivity index (χ0) is 19.3. The molecule has 0 aliphatic heterocycles. The zero-order valence-electron chi connectivity index (χ0n) is 15.2. The first-order valence-electron chi connectivity index (χ1n) is 8.42. The van der Waals surface area contributed by atoms with Gasteiger partial charge in [-0.1, -0.05) is 25.1 Å². The van der Waals surface area contributed by atoms with Gasteiger partial charge in [0.2, 0.25) is 5.89 Å². The number of anilines is 1. The Kier molecular flexibility index (Phi) is 6.00. The van der Waals surface area contributed by atoms with Crippen LogP contribution >= 0.6 is 0 Å². The van der Waals surface area contributed by atoms with Gasteiger partial charge in [0.15, 0.2) is 5.58 Å². The number of nitrogens with two attached hydrogens (primary N) is 1. The number of carboxylic acid groups (broad SMARTS) is 1. The smallest absolute Gasteiger partial charge is 0.303 e. The molecule has 0 aliphatic carbocycles. The molecule has 0 amide bonds. The van der Waals surface area contributed by atoms with E-state index in [-0.39, 0.29) is 0 Å². The molecular weight excluding hydrogens is 332 g/mol. The van der Waals surface area contributed by atoms with Gasteiger partial charge < -0.3 is 20.4 Å². The van der Waals surface area contributed by atoms with Crippen LogP contribution in [0.25, 0.3) is 22.6 Å². The Bertz CT molecular complexity index is 880. The van der Waals surface area contributed by atoms with Gasteiger partial charge in [0.25, 0.3) is 0 Å². The highest BCUT2D eigenvalue weighted by Crippen LogP contribution is 2.32. The van der Waals surface area contributed by atoms with Gasteiger partial charge in [-0.25, -0.2) is 4.98 Å². The summed E-state index contributed by atoms with van der Waals surface area (Å²) in [6.45, 7) is 5.23. The number of hydrogen-bond donors (Lipinski definition) is 3. The van der Waals surface area contributed by atoms with Crippen LogP contribution in [0.4, 0.5) is 5.69 Å². The lowest BCUT2D eigenvalue weighted by Crippen LogP contribution is -2.17. The molecule has 2 aromatic carbocycles.